The summed E-state index contributed by atoms with van der Waals surface area (Å²) in [6.07, 6.45) is 3.50. The maximum atomic E-state index is 12.9. The van der Waals surface area contributed by atoms with Gasteiger partial charge in [-0.3, -0.25) is 14.5 Å². The van der Waals surface area contributed by atoms with Crippen LogP contribution in [0.5, 0.6) is 0 Å². The van der Waals surface area contributed by atoms with Crippen LogP contribution < -0.4 is 11.1 Å². The number of fused-ring (bicyclic) bond motifs is 1. The number of hydrogen-bond acceptors (Lipinski definition) is 8. The number of anilines is 2. The van der Waals surface area contributed by atoms with Gasteiger partial charge in [-0.25, -0.2) is 14.8 Å². The third-order valence-corrected chi connectivity index (χ3v) is 6.10. The van der Waals surface area contributed by atoms with Gasteiger partial charge in [0.2, 0.25) is 5.91 Å². The molecular weight excluding hydrogens is 506 g/mol. The maximum Gasteiger partial charge on any atom is 0.337 e. The molecule has 5 aromatic rings. The topological polar surface area (TPSA) is 138 Å². The molecule has 0 radical (unpaired) electrons. The van der Waals surface area contributed by atoms with Gasteiger partial charge in [-0.15, -0.1) is 0 Å². The van der Waals surface area contributed by atoms with Crippen molar-refractivity contribution in [3.63, 3.8) is 0 Å². The second kappa shape index (κ2) is 10.3. The summed E-state index contributed by atoms with van der Waals surface area (Å²) >= 11 is 6.55. The first-order valence-electron chi connectivity index (χ1n) is 11.5. The van der Waals surface area contributed by atoms with E-state index in [1.165, 1.54) is 7.11 Å². The summed E-state index contributed by atoms with van der Waals surface area (Å²) in [5.41, 5.74) is 10.1. The summed E-state index contributed by atoms with van der Waals surface area (Å²) in [6, 6.07) is 15.7. The number of nitrogens with one attached hydrogen (secondary N) is 1. The van der Waals surface area contributed by atoms with Crippen LogP contribution in [0.4, 0.5) is 11.6 Å². The van der Waals surface area contributed by atoms with Crippen LogP contribution in [0.3, 0.4) is 0 Å². The standard InChI is InChI=1S/C27H22ClN7O3/c1-35-11-9-20(34-35)24-23(18-13-17-4-3-10-30-22(17)19(28)14-18)33-26(25(29)32-24)31-21(36)12-15-5-7-16(8-6-15)27(37)38-2/h3-11,13-14H,12H2,1-2H3,(H2,29,32)(H,31,33,36). The molecular formula is C27H22ClN7O3. The number of nitrogens with zero attached hydrogens (tertiary/aromatic N) is 5. The Hall–Kier alpha value is -4.83. The fourth-order valence-corrected chi connectivity index (χ4v) is 4.26. The van der Waals surface area contributed by atoms with Crippen LogP contribution in [0.25, 0.3) is 33.5 Å². The highest BCUT2D eigenvalue weighted by Gasteiger charge is 2.20. The number of aromatic nitrogens is 5. The molecule has 2 aromatic carbocycles. The van der Waals surface area contributed by atoms with Crippen molar-refractivity contribution in [2.75, 3.05) is 18.2 Å². The highest BCUT2D eigenvalue weighted by atomic mass is 35.5. The molecule has 190 valence electrons. The number of nitrogen functional groups attached to an aromatic ring is 1. The average Bonchev–Trinajstić information content (AvgIpc) is 3.35. The number of hydrogen-bond donors (Lipinski definition) is 2. The van der Waals surface area contributed by atoms with Gasteiger partial charge in [0.25, 0.3) is 0 Å². The van der Waals surface area contributed by atoms with Crippen LogP contribution in [0.15, 0.2) is 67.0 Å². The number of ether oxygens (including phenoxy) is 1. The van der Waals surface area contributed by atoms with Crippen LogP contribution in [-0.2, 0) is 23.0 Å². The molecule has 0 saturated carbocycles. The van der Waals surface area contributed by atoms with Crippen molar-refractivity contribution in [2.45, 2.75) is 6.42 Å². The number of methoxy groups -OCH3 is 1. The second-order valence-electron chi connectivity index (χ2n) is 8.48. The van der Waals surface area contributed by atoms with Crippen LogP contribution in [0.2, 0.25) is 5.02 Å². The maximum absolute atomic E-state index is 12.9. The van der Waals surface area contributed by atoms with E-state index in [0.717, 1.165) is 5.39 Å². The summed E-state index contributed by atoms with van der Waals surface area (Å²) < 4.78 is 6.35. The highest BCUT2D eigenvalue weighted by Crippen LogP contribution is 2.35. The van der Waals surface area contributed by atoms with Crippen molar-refractivity contribution < 1.29 is 14.3 Å². The second-order valence-corrected chi connectivity index (χ2v) is 8.88. The molecule has 38 heavy (non-hydrogen) atoms. The SMILES string of the molecule is COC(=O)c1ccc(CC(=O)Nc2nc(-c3cc(Cl)c4ncccc4c3)c(-c3ccn(C)n3)nc2N)cc1. The third kappa shape index (κ3) is 5.02. The quantitative estimate of drug-likeness (QED) is 0.312. The molecule has 0 fully saturated rings. The zero-order valence-electron chi connectivity index (χ0n) is 20.5. The van der Waals surface area contributed by atoms with E-state index >= 15 is 0 Å². The van der Waals surface area contributed by atoms with E-state index in [4.69, 9.17) is 27.1 Å². The van der Waals surface area contributed by atoms with Crippen molar-refractivity contribution in [1.82, 2.24) is 24.7 Å². The van der Waals surface area contributed by atoms with E-state index in [1.807, 2.05) is 18.2 Å². The van der Waals surface area contributed by atoms with E-state index in [2.05, 4.69) is 20.4 Å². The number of pyridine rings is 1. The van der Waals surface area contributed by atoms with Gasteiger partial charge in [0, 0.05) is 30.4 Å². The predicted molar refractivity (Wildman–Crippen MR) is 145 cm³/mol. The summed E-state index contributed by atoms with van der Waals surface area (Å²) in [7, 11) is 3.11. The molecule has 5 rings (SSSR count). The van der Waals surface area contributed by atoms with Gasteiger partial charge in [0.05, 0.1) is 29.6 Å². The largest absolute Gasteiger partial charge is 0.465 e. The molecule has 1 amide bonds. The fraction of sp³-hybridized carbons (Fsp3) is 0.111. The Morgan fingerprint density at radius 2 is 1.87 bits per heavy atom. The molecule has 0 atom stereocenters. The molecule has 11 heteroatoms. The lowest BCUT2D eigenvalue weighted by Crippen LogP contribution is -2.18. The van der Waals surface area contributed by atoms with Gasteiger partial charge < -0.3 is 15.8 Å². The van der Waals surface area contributed by atoms with Crippen molar-refractivity contribution in [2.24, 2.45) is 7.05 Å². The van der Waals surface area contributed by atoms with E-state index in [-0.39, 0.29) is 24.0 Å². The van der Waals surface area contributed by atoms with E-state index in [0.29, 0.717) is 44.3 Å². The molecule has 0 aliphatic rings. The zero-order valence-corrected chi connectivity index (χ0v) is 21.2. The van der Waals surface area contributed by atoms with Crippen LogP contribution in [0.1, 0.15) is 15.9 Å². The number of aryl methyl sites for hydroxylation is 1. The molecule has 3 aromatic heterocycles. The lowest BCUT2D eigenvalue weighted by Gasteiger charge is -2.13. The van der Waals surface area contributed by atoms with Gasteiger partial charge >= 0.3 is 5.97 Å². The first-order valence-corrected chi connectivity index (χ1v) is 11.9. The van der Waals surface area contributed by atoms with Crippen LogP contribution >= 0.6 is 11.6 Å². The van der Waals surface area contributed by atoms with Crippen molar-refractivity contribution in [3.05, 3.63) is 83.1 Å². The Balaban J connectivity index is 1.51. The summed E-state index contributed by atoms with van der Waals surface area (Å²) in [4.78, 5) is 38.1. The lowest BCUT2D eigenvalue weighted by atomic mass is 10.0. The number of benzene rings is 2. The minimum Gasteiger partial charge on any atom is -0.465 e. The first kappa shape index (κ1) is 24.8. The van der Waals surface area contributed by atoms with Crippen molar-refractivity contribution in [1.29, 1.82) is 0 Å². The summed E-state index contributed by atoms with van der Waals surface area (Å²) in [6.45, 7) is 0. The number of esters is 1. The number of amides is 1. The zero-order chi connectivity index (χ0) is 26.8. The van der Waals surface area contributed by atoms with Crippen molar-refractivity contribution in [3.8, 4) is 22.6 Å². The molecule has 0 aliphatic heterocycles. The van der Waals surface area contributed by atoms with Crippen LogP contribution in [-0.4, -0.2) is 43.7 Å². The Bertz CT molecular complexity index is 1680. The van der Waals surface area contributed by atoms with E-state index in [9.17, 15) is 9.59 Å². The number of carbonyl (C=O) groups is 2. The fourth-order valence-electron chi connectivity index (χ4n) is 3.98. The minimum absolute atomic E-state index is 0.0351. The predicted octanol–water partition coefficient (Wildman–Crippen LogP) is 4.30. The Morgan fingerprint density at radius 1 is 1.08 bits per heavy atom. The number of carbonyl (C=O) groups excluding carboxylic acids is 2. The monoisotopic (exact) mass is 527 g/mol. The third-order valence-electron chi connectivity index (χ3n) is 5.81. The van der Waals surface area contributed by atoms with Gasteiger partial charge in [0.1, 0.15) is 17.1 Å². The molecule has 0 unspecified atom stereocenters. The summed E-state index contributed by atoms with van der Waals surface area (Å²) in [5.74, 6) is -0.654. The lowest BCUT2D eigenvalue weighted by molar-refractivity contribution is -0.115. The minimum atomic E-state index is -0.450. The van der Waals surface area contributed by atoms with Gasteiger partial charge in [0.15, 0.2) is 11.6 Å². The molecule has 0 saturated heterocycles. The molecule has 0 aliphatic carbocycles. The van der Waals surface area contributed by atoms with Gasteiger partial charge in [-0.05, 0) is 42.0 Å². The van der Waals surface area contributed by atoms with Gasteiger partial charge in [-0.1, -0.05) is 29.8 Å². The van der Waals surface area contributed by atoms with E-state index in [1.54, 1.807) is 60.5 Å². The van der Waals surface area contributed by atoms with Gasteiger partial charge in [-0.2, -0.15) is 5.10 Å². The summed E-state index contributed by atoms with van der Waals surface area (Å²) in [5, 5.41) is 8.48. The average molecular weight is 528 g/mol. The van der Waals surface area contributed by atoms with Crippen LogP contribution in [0, 0.1) is 0 Å². The Labute approximate surface area is 222 Å². The normalized spacial score (nSPS) is 10.9. The molecule has 3 N–H and O–H groups in total. The van der Waals surface area contributed by atoms with Crippen molar-refractivity contribution >= 4 is 46.0 Å². The molecule has 0 bridgehead atoms. The number of nitrogens with two attached hydrogens (primary N) is 1. The number of rotatable bonds is 6. The smallest absolute Gasteiger partial charge is 0.337 e. The number of halogens is 1. The molecule has 10 nitrogen and oxygen atoms in total. The first-order chi connectivity index (χ1) is 18.3. The Kier molecular flexibility index (Phi) is 6.71. The molecule has 3 heterocycles. The van der Waals surface area contributed by atoms with E-state index < -0.39 is 5.97 Å². The molecule has 0 spiro atoms. The highest BCUT2D eigenvalue weighted by molar-refractivity contribution is 6.35. The Morgan fingerprint density at radius 3 is 2.58 bits per heavy atom.